The van der Waals surface area contributed by atoms with Crippen LogP contribution in [0.4, 0.5) is 0 Å². The van der Waals surface area contributed by atoms with Gasteiger partial charge < -0.3 is 14.8 Å². The topological polar surface area (TPSA) is 115 Å². The van der Waals surface area contributed by atoms with E-state index < -0.39 is 0 Å². The molecule has 4 aromatic rings. The zero-order chi connectivity index (χ0) is 21.8. The summed E-state index contributed by atoms with van der Waals surface area (Å²) >= 11 is 0. The molecule has 4 heterocycles. The number of nitrogens with zero attached hydrogens (tertiary/aromatic N) is 6. The van der Waals surface area contributed by atoms with Gasteiger partial charge in [0.1, 0.15) is 17.5 Å². The van der Waals surface area contributed by atoms with Crippen molar-refractivity contribution < 1.29 is 9.52 Å². The fourth-order valence-electron chi connectivity index (χ4n) is 4.82. The second kappa shape index (κ2) is 6.84. The summed E-state index contributed by atoms with van der Waals surface area (Å²) in [6.07, 6.45) is 4.89. The maximum atomic E-state index is 10.6. The normalized spacial score (nSPS) is 18.5. The zero-order valence-corrected chi connectivity index (χ0v) is 18.0. The van der Waals surface area contributed by atoms with E-state index in [-0.39, 0.29) is 22.9 Å². The molecular formula is C22H25N7O2. The molecule has 2 N–H and O–H groups in total. The van der Waals surface area contributed by atoms with Gasteiger partial charge in [0.25, 0.3) is 0 Å². The number of phenolic OH excluding ortho intramolecular Hbond substituents is 1. The predicted molar refractivity (Wildman–Crippen MR) is 115 cm³/mol. The Morgan fingerprint density at radius 3 is 2.52 bits per heavy atom. The first-order valence-electron chi connectivity index (χ1n) is 10.3. The summed E-state index contributed by atoms with van der Waals surface area (Å²) in [5.74, 6) is 0.512. The van der Waals surface area contributed by atoms with Gasteiger partial charge in [-0.3, -0.25) is 0 Å². The average molecular weight is 419 g/mol. The molecule has 0 bridgehead atoms. The van der Waals surface area contributed by atoms with Crippen LogP contribution >= 0.6 is 0 Å². The van der Waals surface area contributed by atoms with Gasteiger partial charge in [-0.05, 0) is 64.8 Å². The highest BCUT2D eigenvalue weighted by atomic mass is 16.3. The Hall–Kier alpha value is -3.33. The fourth-order valence-corrected chi connectivity index (χ4v) is 4.82. The van der Waals surface area contributed by atoms with Crippen LogP contribution in [0.15, 0.2) is 41.1 Å². The fraction of sp³-hybridized carbons (Fsp3) is 0.409. The van der Waals surface area contributed by atoms with Gasteiger partial charge in [-0.25, -0.2) is 9.67 Å². The lowest BCUT2D eigenvalue weighted by Crippen LogP contribution is -2.58. The van der Waals surface area contributed by atoms with Gasteiger partial charge in [0, 0.05) is 22.2 Å². The minimum Gasteiger partial charge on any atom is -0.507 e. The molecule has 1 aliphatic heterocycles. The number of nitrogens with one attached hydrogen (secondary N) is 1. The molecular weight excluding hydrogens is 394 g/mol. The van der Waals surface area contributed by atoms with Crippen molar-refractivity contribution in [2.24, 2.45) is 0 Å². The monoisotopic (exact) mass is 419 g/mol. The number of rotatable bonds is 3. The van der Waals surface area contributed by atoms with Crippen molar-refractivity contribution in [1.82, 2.24) is 35.5 Å². The molecule has 0 aliphatic carbocycles. The summed E-state index contributed by atoms with van der Waals surface area (Å²) < 4.78 is 7.18. The number of oxazole rings is 1. The molecule has 1 saturated heterocycles. The first kappa shape index (κ1) is 19.6. The summed E-state index contributed by atoms with van der Waals surface area (Å²) in [5, 5.41) is 31.8. The van der Waals surface area contributed by atoms with Crippen LogP contribution < -0.4 is 5.32 Å². The van der Waals surface area contributed by atoms with Crippen LogP contribution in [0.3, 0.4) is 0 Å². The molecule has 5 rings (SSSR count). The lowest BCUT2D eigenvalue weighted by molar-refractivity contribution is 0.127. The molecule has 160 valence electrons. The number of fused-ring (bicyclic) bond motifs is 1. The number of hydrogen-bond donors (Lipinski definition) is 2. The quantitative estimate of drug-likeness (QED) is 0.516. The van der Waals surface area contributed by atoms with Gasteiger partial charge in [-0.15, -0.1) is 15.3 Å². The predicted octanol–water partition coefficient (Wildman–Crippen LogP) is 3.73. The maximum absolute atomic E-state index is 10.6. The van der Waals surface area contributed by atoms with Crippen molar-refractivity contribution in [3.8, 4) is 28.5 Å². The van der Waals surface area contributed by atoms with Gasteiger partial charge in [0.2, 0.25) is 11.5 Å². The van der Waals surface area contributed by atoms with E-state index >= 15 is 0 Å². The molecule has 9 nitrogen and oxygen atoms in total. The molecule has 1 fully saturated rings. The third kappa shape index (κ3) is 3.65. The lowest BCUT2D eigenvalue weighted by atomic mass is 9.80. The molecule has 0 unspecified atom stereocenters. The van der Waals surface area contributed by atoms with Gasteiger partial charge in [-0.2, -0.15) is 0 Å². The van der Waals surface area contributed by atoms with Crippen molar-refractivity contribution in [3.63, 3.8) is 0 Å². The van der Waals surface area contributed by atoms with Gasteiger partial charge in [0.15, 0.2) is 0 Å². The van der Waals surface area contributed by atoms with E-state index in [1.165, 1.54) is 6.26 Å². The van der Waals surface area contributed by atoms with E-state index in [0.717, 1.165) is 12.8 Å². The summed E-state index contributed by atoms with van der Waals surface area (Å²) in [6, 6.07) is 7.17. The molecule has 1 aromatic carbocycles. The molecule has 1 aliphatic rings. The average Bonchev–Trinajstić information content (AvgIpc) is 3.35. The molecule has 31 heavy (non-hydrogen) atoms. The largest absolute Gasteiger partial charge is 0.507 e. The second-order valence-corrected chi connectivity index (χ2v) is 9.50. The Labute approximate surface area is 179 Å². The third-order valence-corrected chi connectivity index (χ3v) is 5.69. The van der Waals surface area contributed by atoms with Crippen molar-refractivity contribution in [2.45, 2.75) is 57.7 Å². The zero-order valence-electron chi connectivity index (χ0n) is 18.0. The molecule has 0 radical (unpaired) electrons. The van der Waals surface area contributed by atoms with Crippen molar-refractivity contribution in [3.05, 3.63) is 36.7 Å². The van der Waals surface area contributed by atoms with E-state index in [0.29, 0.717) is 33.9 Å². The molecule has 0 atom stereocenters. The molecule has 0 amide bonds. The number of phenols is 1. The minimum atomic E-state index is -0.0194. The number of benzene rings is 1. The second-order valence-electron chi connectivity index (χ2n) is 9.50. The van der Waals surface area contributed by atoms with E-state index in [1.54, 1.807) is 18.3 Å². The van der Waals surface area contributed by atoms with Crippen molar-refractivity contribution >= 4 is 11.2 Å². The highest BCUT2D eigenvalue weighted by Gasteiger charge is 2.39. The van der Waals surface area contributed by atoms with Crippen LogP contribution in [0.1, 0.15) is 46.6 Å². The van der Waals surface area contributed by atoms with Crippen LogP contribution in [0.25, 0.3) is 33.9 Å². The maximum Gasteiger partial charge on any atom is 0.225 e. The Bertz CT molecular complexity index is 1230. The minimum absolute atomic E-state index is 0.0194. The van der Waals surface area contributed by atoms with Crippen LogP contribution in [-0.2, 0) is 0 Å². The lowest BCUT2D eigenvalue weighted by Gasteiger charge is -2.46. The number of hydrogen-bond acceptors (Lipinski definition) is 8. The SMILES string of the molecule is CC1(C)CC(n2nnc3cc(-c4ccc(-c5ncco5)cc4O)nnc32)CC(C)(C)N1. The van der Waals surface area contributed by atoms with Crippen LogP contribution in [0.5, 0.6) is 5.75 Å². The highest BCUT2D eigenvalue weighted by molar-refractivity contribution is 5.78. The summed E-state index contributed by atoms with van der Waals surface area (Å²) in [7, 11) is 0. The molecule has 9 heteroatoms. The van der Waals surface area contributed by atoms with Crippen molar-refractivity contribution in [2.75, 3.05) is 0 Å². The Morgan fingerprint density at radius 1 is 1.06 bits per heavy atom. The van der Waals surface area contributed by atoms with E-state index in [2.05, 4.69) is 58.5 Å². The standard InChI is InChI=1S/C22H25N7O2/c1-21(2)11-14(12-22(3,4)27-21)29-19-17(25-28-29)10-16(24-26-19)15-6-5-13(9-18(15)30)20-23-7-8-31-20/h5-10,14,27,30H,11-12H2,1-4H3. The van der Waals surface area contributed by atoms with Crippen LogP contribution in [-0.4, -0.2) is 46.4 Å². The first-order valence-corrected chi connectivity index (χ1v) is 10.3. The Kier molecular flexibility index (Phi) is 4.33. The summed E-state index contributed by atoms with van der Waals surface area (Å²) in [4.78, 5) is 4.11. The van der Waals surface area contributed by atoms with Crippen LogP contribution in [0.2, 0.25) is 0 Å². The smallest absolute Gasteiger partial charge is 0.225 e. The van der Waals surface area contributed by atoms with E-state index in [1.807, 2.05) is 16.8 Å². The molecule has 3 aromatic heterocycles. The summed E-state index contributed by atoms with van der Waals surface area (Å²) in [6.45, 7) is 8.81. The van der Waals surface area contributed by atoms with Gasteiger partial charge in [-0.1, -0.05) is 5.21 Å². The molecule has 0 spiro atoms. The van der Waals surface area contributed by atoms with Crippen LogP contribution in [0, 0.1) is 0 Å². The number of aromatic hydroxyl groups is 1. The molecule has 0 saturated carbocycles. The van der Waals surface area contributed by atoms with Gasteiger partial charge >= 0.3 is 0 Å². The first-order chi connectivity index (χ1) is 14.7. The number of aromatic nitrogens is 6. The van der Waals surface area contributed by atoms with E-state index in [4.69, 9.17) is 4.42 Å². The van der Waals surface area contributed by atoms with E-state index in [9.17, 15) is 5.11 Å². The third-order valence-electron chi connectivity index (χ3n) is 5.69. The summed E-state index contributed by atoms with van der Waals surface area (Å²) in [5.41, 5.74) is 3.03. The van der Waals surface area contributed by atoms with Gasteiger partial charge in [0.05, 0.1) is 17.9 Å². The Morgan fingerprint density at radius 2 is 1.84 bits per heavy atom. The Balaban J connectivity index is 1.49. The van der Waals surface area contributed by atoms with Crippen molar-refractivity contribution in [1.29, 1.82) is 0 Å². The highest BCUT2D eigenvalue weighted by Crippen LogP contribution is 2.37. The number of piperidine rings is 1.